The third-order valence-corrected chi connectivity index (χ3v) is 8.89. The van der Waals surface area contributed by atoms with Crippen molar-refractivity contribution in [1.82, 2.24) is 15.6 Å². The Balaban J connectivity index is 1.40. The second-order valence-corrected chi connectivity index (χ2v) is 13.3. The average molecular weight is 771 g/mol. The molecule has 1 heterocycles. The van der Waals surface area contributed by atoms with Crippen molar-refractivity contribution < 1.29 is 33.4 Å². The van der Waals surface area contributed by atoms with Crippen LogP contribution in [-0.4, -0.2) is 53.9 Å². The molecule has 57 heavy (non-hydrogen) atoms. The fourth-order valence-electron chi connectivity index (χ4n) is 5.80. The molecule has 1 aromatic heterocycles. The van der Waals surface area contributed by atoms with Crippen LogP contribution in [0.15, 0.2) is 115 Å². The third kappa shape index (κ3) is 11.7. The molecule has 5 aromatic rings. The van der Waals surface area contributed by atoms with Crippen LogP contribution in [0.5, 0.6) is 5.88 Å². The van der Waals surface area contributed by atoms with Gasteiger partial charge in [0.05, 0.1) is 12.2 Å². The number of rotatable bonds is 17. The molecule has 0 radical (unpaired) electrons. The van der Waals surface area contributed by atoms with Gasteiger partial charge in [0.2, 0.25) is 5.88 Å². The van der Waals surface area contributed by atoms with Crippen molar-refractivity contribution in [2.24, 2.45) is 11.7 Å². The Kier molecular flexibility index (Phi) is 14.5. The molecular weight excluding hydrogens is 725 g/mol. The van der Waals surface area contributed by atoms with Crippen molar-refractivity contribution in [2.75, 3.05) is 18.5 Å². The Labute approximate surface area is 331 Å². The summed E-state index contributed by atoms with van der Waals surface area (Å²) in [6.07, 6.45) is -0.147. The molecule has 0 aliphatic heterocycles. The summed E-state index contributed by atoms with van der Waals surface area (Å²) in [5.41, 5.74) is 8.90. The van der Waals surface area contributed by atoms with Gasteiger partial charge in [-0.25, -0.2) is 14.6 Å². The SMILES string of the molecule is CCOc1ccc(-c2ccc(C(=O)N[C@@H](CCNC(=O)OCc3ccccc3)C(C)C)cc2C(=O)OCc2ccccc2)c(C(=O)Nc2ccc(C(=N)N)cc2)n1. The highest BCUT2D eigenvalue weighted by Gasteiger charge is 2.25. The molecule has 0 bridgehead atoms. The third-order valence-electron chi connectivity index (χ3n) is 8.89. The molecule has 0 aliphatic rings. The molecule has 13 heteroatoms. The minimum atomic E-state index is -0.720. The topological polar surface area (TPSA) is 195 Å². The van der Waals surface area contributed by atoms with Gasteiger partial charge in [0.15, 0.2) is 0 Å². The molecule has 0 spiro atoms. The maximum atomic E-state index is 13.9. The summed E-state index contributed by atoms with van der Waals surface area (Å²) >= 11 is 0. The number of pyridine rings is 1. The number of nitrogens with two attached hydrogens (primary N) is 1. The highest BCUT2D eigenvalue weighted by molar-refractivity contribution is 6.10. The Bertz CT molecular complexity index is 2180. The molecule has 4 aromatic carbocycles. The lowest BCUT2D eigenvalue weighted by molar-refractivity contribution is 0.0473. The highest BCUT2D eigenvalue weighted by Crippen LogP contribution is 2.31. The monoisotopic (exact) mass is 770 g/mol. The molecule has 5 rings (SSSR count). The molecule has 1 atom stereocenters. The second-order valence-electron chi connectivity index (χ2n) is 13.3. The zero-order chi connectivity index (χ0) is 40.7. The summed E-state index contributed by atoms with van der Waals surface area (Å²) in [5.74, 6) is -1.67. The first-order valence-corrected chi connectivity index (χ1v) is 18.5. The van der Waals surface area contributed by atoms with Crippen molar-refractivity contribution >= 4 is 35.4 Å². The standard InChI is InChI=1S/C44H46N6O7/c1-4-55-38-22-21-35(39(50-38)42(52)48-33-18-15-31(16-19-33)40(45)46)34-20-17-32(25-36(34)43(53)56-26-29-11-7-5-8-12-29)41(51)49-37(28(2)3)23-24-47-44(54)57-27-30-13-9-6-10-14-30/h5-22,25,28,37H,4,23-24,26-27H2,1-3H3,(H3,45,46)(H,47,54)(H,48,52)(H,49,51)/t37-/m0/s1. The minimum Gasteiger partial charge on any atom is -0.478 e. The van der Waals surface area contributed by atoms with Crippen LogP contribution < -0.4 is 26.4 Å². The van der Waals surface area contributed by atoms with Gasteiger partial charge in [-0.15, -0.1) is 0 Å². The van der Waals surface area contributed by atoms with E-state index in [2.05, 4.69) is 20.9 Å². The fourth-order valence-corrected chi connectivity index (χ4v) is 5.80. The van der Waals surface area contributed by atoms with E-state index in [0.29, 0.717) is 35.4 Å². The van der Waals surface area contributed by atoms with E-state index in [1.165, 1.54) is 6.07 Å². The number of amides is 3. The van der Waals surface area contributed by atoms with E-state index in [1.807, 2.05) is 74.5 Å². The first-order valence-electron chi connectivity index (χ1n) is 18.5. The number of benzene rings is 4. The number of esters is 1. The average Bonchev–Trinajstić information content (AvgIpc) is 3.22. The zero-order valence-electron chi connectivity index (χ0n) is 32.0. The molecule has 0 unspecified atom stereocenters. The lowest BCUT2D eigenvalue weighted by atomic mass is 9.95. The van der Waals surface area contributed by atoms with Crippen LogP contribution in [0.4, 0.5) is 10.5 Å². The van der Waals surface area contributed by atoms with Gasteiger partial charge >= 0.3 is 12.1 Å². The van der Waals surface area contributed by atoms with E-state index < -0.39 is 23.9 Å². The minimum absolute atomic E-state index is 0.000309. The van der Waals surface area contributed by atoms with Crippen LogP contribution in [0, 0.1) is 11.3 Å². The molecule has 0 fully saturated rings. The van der Waals surface area contributed by atoms with E-state index in [4.69, 9.17) is 25.4 Å². The number of anilines is 1. The predicted octanol–water partition coefficient (Wildman–Crippen LogP) is 7.11. The maximum Gasteiger partial charge on any atom is 0.407 e. The number of aromatic nitrogens is 1. The molecule has 13 nitrogen and oxygen atoms in total. The normalized spacial score (nSPS) is 11.2. The Morgan fingerprint density at radius 2 is 1.37 bits per heavy atom. The summed E-state index contributed by atoms with van der Waals surface area (Å²) in [6.45, 7) is 6.36. The summed E-state index contributed by atoms with van der Waals surface area (Å²) < 4.78 is 16.7. The number of ether oxygens (including phenoxy) is 3. The number of carbonyl (C=O) groups is 4. The van der Waals surface area contributed by atoms with Crippen molar-refractivity contribution in [2.45, 2.75) is 46.4 Å². The van der Waals surface area contributed by atoms with Crippen LogP contribution in [0.25, 0.3) is 11.1 Å². The van der Waals surface area contributed by atoms with E-state index >= 15 is 0 Å². The number of carbonyl (C=O) groups excluding carboxylic acids is 4. The van der Waals surface area contributed by atoms with Crippen molar-refractivity contribution in [3.63, 3.8) is 0 Å². The fraction of sp³-hybridized carbons (Fsp3) is 0.227. The van der Waals surface area contributed by atoms with Crippen LogP contribution in [-0.2, 0) is 22.7 Å². The largest absolute Gasteiger partial charge is 0.478 e. The number of alkyl carbamates (subject to hydrolysis) is 1. The van der Waals surface area contributed by atoms with Gasteiger partial charge in [-0.2, -0.15) is 0 Å². The maximum absolute atomic E-state index is 13.9. The van der Waals surface area contributed by atoms with Gasteiger partial charge in [-0.3, -0.25) is 15.0 Å². The lowest BCUT2D eigenvalue weighted by Crippen LogP contribution is -2.41. The van der Waals surface area contributed by atoms with Gasteiger partial charge < -0.3 is 35.9 Å². The van der Waals surface area contributed by atoms with Crippen LogP contribution in [0.2, 0.25) is 0 Å². The number of amidine groups is 1. The van der Waals surface area contributed by atoms with Gasteiger partial charge in [-0.05, 0) is 78.4 Å². The van der Waals surface area contributed by atoms with E-state index in [0.717, 1.165) is 11.1 Å². The second kappa shape index (κ2) is 20.1. The van der Waals surface area contributed by atoms with Crippen LogP contribution in [0.1, 0.15) is 75.1 Å². The first-order chi connectivity index (χ1) is 27.5. The molecule has 6 N–H and O–H groups in total. The number of nitrogens with one attached hydrogen (secondary N) is 4. The molecule has 294 valence electrons. The van der Waals surface area contributed by atoms with Crippen molar-refractivity contribution in [3.8, 4) is 17.0 Å². The van der Waals surface area contributed by atoms with E-state index in [1.54, 1.807) is 55.5 Å². The van der Waals surface area contributed by atoms with E-state index in [9.17, 15) is 19.2 Å². The van der Waals surface area contributed by atoms with Crippen molar-refractivity contribution in [3.05, 3.63) is 149 Å². The smallest absolute Gasteiger partial charge is 0.407 e. The number of hydrogen-bond donors (Lipinski definition) is 5. The highest BCUT2D eigenvalue weighted by atomic mass is 16.5. The molecule has 0 saturated heterocycles. The summed E-state index contributed by atoms with van der Waals surface area (Å²) in [6, 6.07) is 32.4. The predicted molar refractivity (Wildman–Crippen MR) is 217 cm³/mol. The number of hydrogen-bond acceptors (Lipinski definition) is 9. The quantitative estimate of drug-likeness (QED) is 0.0372. The Morgan fingerprint density at radius 3 is 1.98 bits per heavy atom. The molecular formula is C44H46N6O7. The number of nitrogens with zero attached hydrogens (tertiary/aromatic N) is 1. The molecule has 0 aliphatic carbocycles. The summed E-state index contributed by atoms with van der Waals surface area (Å²) in [7, 11) is 0. The molecule has 3 amide bonds. The number of nitrogen functional groups attached to an aromatic ring is 1. The summed E-state index contributed by atoms with van der Waals surface area (Å²) in [4.78, 5) is 58.4. The Morgan fingerprint density at radius 1 is 0.754 bits per heavy atom. The first kappa shape index (κ1) is 41.1. The molecule has 0 saturated carbocycles. The van der Waals surface area contributed by atoms with Gasteiger partial charge in [0, 0.05) is 41.0 Å². The van der Waals surface area contributed by atoms with Gasteiger partial charge in [0.1, 0.15) is 24.7 Å². The van der Waals surface area contributed by atoms with Gasteiger partial charge in [-0.1, -0.05) is 80.6 Å². The van der Waals surface area contributed by atoms with Crippen molar-refractivity contribution in [1.29, 1.82) is 5.41 Å². The van der Waals surface area contributed by atoms with Crippen LogP contribution in [0.3, 0.4) is 0 Å². The Hall–Kier alpha value is -7.02. The van der Waals surface area contributed by atoms with Crippen LogP contribution >= 0.6 is 0 Å². The lowest BCUT2D eigenvalue weighted by Gasteiger charge is -2.23. The van der Waals surface area contributed by atoms with Gasteiger partial charge in [0.25, 0.3) is 11.8 Å². The van der Waals surface area contributed by atoms with E-state index in [-0.39, 0.29) is 60.3 Å². The zero-order valence-corrected chi connectivity index (χ0v) is 32.0. The summed E-state index contributed by atoms with van der Waals surface area (Å²) in [5, 5.41) is 16.3.